The summed E-state index contributed by atoms with van der Waals surface area (Å²) < 4.78 is 20.3. The molecule has 0 aromatic carbocycles. The number of halogens is 1. The number of sulfone groups is 1. The molecule has 0 saturated carbocycles. The lowest BCUT2D eigenvalue weighted by molar-refractivity contribution is 0.595. The lowest BCUT2D eigenvalue weighted by Gasteiger charge is -2.01. The minimum absolute atomic E-state index is 0.182. The number of hydrogen-bond acceptors (Lipinski definition) is 3. The summed E-state index contributed by atoms with van der Waals surface area (Å²) in [5, 5.41) is 8.08. The maximum absolute atomic E-state index is 10.6. The zero-order valence-corrected chi connectivity index (χ0v) is 7.11. The Bertz CT molecular complexity index is 229. The van der Waals surface area contributed by atoms with Crippen molar-refractivity contribution in [2.45, 2.75) is 17.6 Å². The van der Waals surface area contributed by atoms with Gasteiger partial charge in [0.2, 0.25) is 0 Å². The number of rotatable bonds is 3. The maximum atomic E-state index is 10.6. The molecule has 1 atom stereocenters. The first-order chi connectivity index (χ1) is 4.48. The highest BCUT2D eigenvalue weighted by Gasteiger charge is 2.15. The van der Waals surface area contributed by atoms with Crippen molar-refractivity contribution in [1.82, 2.24) is 0 Å². The number of alkyl halides is 1. The lowest BCUT2D eigenvalue weighted by atomic mass is 10.4. The molecule has 0 aliphatic rings. The Hall–Kier alpha value is -0.270. The molecule has 0 aliphatic heterocycles. The third kappa shape index (κ3) is 3.70. The highest BCUT2D eigenvalue weighted by Crippen LogP contribution is 2.10. The van der Waals surface area contributed by atoms with Crippen LogP contribution in [0.5, 0.6) is 0 Å². The van der Waals surface area contributed by atoms with Crippen molar-refractivity contribution < 1.29 is 8.42 Å². The van der Waals surface area contributed by atoms with Crippen molar-refractivity contribution in [2.75, 3.05) is 6.26 Å². The van der Waals surface area contributed by atoms with Crippen LogP contribution in [0.15, 0.2) is 0 Å². The largest absolute Gasteiger partial charge is 0.228 e. The Morgan fingerprint density at radius 2 is 2.20 bits per heavy atom. The molecular weight excluding hydrogens is 174 g/mol. The molecule has 3 nitrogen and oxygen atoms in total. The molecule has 0 amide bonds. The first kappa shape index (κ1) is 9.73. The average Bonchev–Trinajstić information content (AvgIpc) is 1.80. The van der Waals surface area contributed by atoms with Crippen LogP contribution in [-0.2, 0) is 9.84 Å². The van der Waals surface area contributed by atoms with Crippen LogP contribution in [0.25, 0.3) is 0 Å². The van der Waals surface area contributed by atoms with E-state index in [0.717, 1.165) is 6.26 Å². The summed E-state index contributed by atoms with van der Waals surface area (Å²) in [6.07, 6.45) is 1.44. The molecule has 0 heterocycles. The first-order valence-electron chi connectivity index (χ1n) is 2.68. The van der Waals surface area contributed by atoms with Crippen LogP contribution in [0.2, 0.25) is 0 Å². The van der Waals surface area contributed by atoms with Gasteiger partial charge in [-0.15, -0.1) is 11.6 Å². The molecule has 10 heavy (non-hydrogen) atoms. The predicted molar refractivity (Wildman–Crippen MR) is 39.3 cm³/mol. The van der Waals surface area contributed by atoms with Crippen LogP contribution in [0, 0.1) is 11.3 Å². The van der Waals surface area contributed by atoms with E-state index >= 15 is 0 Å². The van der Waals surface area contributed by atoms with Crippen molar-refractivity contribution in [3.8, 4) is 6.07 Å². The van der Waals surface area contributed by atoms with Crippen molar-refractivity contribution in [2.24, 2.45) is 0 Å². The Morgan fingerprint density at radius 1 is 1.70 bits per heavy atom. The molecule has 0 radical (unpaired) electrons. The quantitative estimate of drug-likeness (QED) is 0.608. The summed E-state index contributed by atoms with van der Waals surface area (Å²) >= 11 is 5.40. The minimum Gasteiger partial charge on any atom is -0.228 e. The molecule has 0 bridgehead atoms. The zero-order valence-electron chi connectivity index (χ0n) is 5.54. The Kier molecular flexibility index (Phi) is 3.69. The number of nitrogens with zero attached hydrogens (tertiary/aromatic N) is 1. The molecular formula is C5H8ClNO2S. The number of hydrogen-bond donors (Lipinski definition) is 0. The molecule has 0 aromatic rings. The van der Waals surface area contributed by atoms with Gasteiger partial charge in [0, 0.05) is 12.7 Å². The molecule has 0 spiro atoms. The van der Waals surface area contributed by atoms with Crippen molar-refractivity contribution >= 4 is 21.4 Å². The van der Waals surface area contributed by atoms with E-state index in [9.17, 15) is 8.42 Å². The summed E-state index contributed by atoms with van der Waals surface area (Å²) in [6, 6.07) is 1.82. The van der Waals surface area contributed by atoms with Crippen LogP contribution in [0.3, 0.4) is 0 Å². The Morgan fingerprint density at radius 3 is 2.50 bits per heavy atom. The van der Waals surface area contributed by atoms with Crippen LogP contribution >= 0.6 is 11.6 Å². The predicted octanol–water partition coefficient (Wildman–Crippen LogP) is 0.900. The molecule has 0 fully saturated rings. The molecule has 0 aliphatic carbocycles. The van der Waals surface area contributed by atoms with Gasteiger partial charge >= 0.3 is 0 Å². The second-order valence-electron chi connectivity index (χ2n) is 1.94. The van der Waals surface area contributed by atoms with Gasteiger partial charge in [0.1, 0.15) is 4.71 Å². The SMILES string of the molecule is CS(=O)(=O)C(Cl)CCC#N. The van der Waals surface area contributed by atoms with E-state index in [1.165, 1.54) is 0 Å². The van der Waals surface area contributed by atoms with Crippen LogP contribution in [-0.4, -0.2) is 19.4 Å². The van der Waals surface area contributed by atoms with Gasteiger partial charge in [-0.3, -0.25) is 0 Å². The molecule has 0 rings (SSSR count). The summed E-state index contributed by atoms with van der Waals surface area (Å²) in [4.78, 5) is 0. The van der Waals surface area contributed by atoms with Crippen LogP contribution in [0.1, 0.15) is 12.8 Å². The zero-order chi connectivity index (χ0) is 8.20. The summed E-state index contributed by atoms with van der Waals surface area (Å²) in [6.45, 7) is 0. The second-order valence-corrected chi connectivity index (χ2v) is 4.95. The van der Waals surface area contributed by atoms with Crippen LogP contribution < -0.4 is 0 Å². The molecule has 5 heteroatoms. The van der Waals surface area contributed by atoms with E-state index in [1.54, 1.807) is 0 Å². The minimum atomic E-state index is -3.16. The van der Waals surface area contributed by atoms with E-state index < -0.39 is 14.5 Å². The van der Waals surface area contributed by atoms with Crippen molar-refractivity contribution in [3.63, 3.8) is 0 Å². The van der Waals surface area contributed by atoms with Gasteiger partial charge in [-0.05, 0) is 6.42 Å². The number of nitriles is 1. The fourth-order valence-corrected chi connectivity index (χ4v) is 1.05. The summed E-state index contributed by atoms with van der Waals surface area (Å²) in [7, 11) is -3.16. The van der Waals surface area contributed by atoms with E-state index in [2.05, 4.69) is 0 Å². The fourth-order valence-electron chi connectivity index (χ4n) is 0.392. The Labute approximate surface area is 65.5 Å². The van der Waals surface area contributed by atoms with E-state index in [1.807, 2.05) is 6.07 Å². The monoisotopic (exact) mass is 181 g/mol. The van der Waals surface area contributed by atoms with Crippen molar-refractivity contribution in [3.05, 3.63) is 0 Å². The molecule has 0 N–H and O–H groups in total. The van der Waals surface area contributed by atoms with Crippen LogP contribution in [0.4, 0.5) is 0 Å². The van der Waals surface area contributed by atoms with Gasteiger partial charge < -0.3 is 0 Å². The molecule has 58 valence electrons. The molecule has 0 saturated heterocycles. The smallest absolute Gasteiger partial charge is 0.164 e. The fraction of sp³-hybridized carbons (Fsp3) is 0.800. The standard InChI is InChI=1S/C5H8ClNO2S/c1-10(8,9)5(6)3-2-4-7/h5H,2-3H2,1H3. The van der Waals surface area contributed by atoms with Gasteiger partial charge in [-0.1, -0.05) is 0 Å². The third-order valence-electron chi connectivity index (χ3n) is 0.948. The van der Waals surface area contributed by atoms with Gasteiger partial charge in [0.25, 0.3) is 0 Å². The normalized spacial score (nSPS) is 14.1. The van der Waals surface area contributed by atoms with Crippen molar-refractivity contribution in [1.29, 1.82) is 5.26 Å². The lowest BCUT2D eigenvalue weighted by Crippen LogP contribution is -2.12. The molecule has 0 aromatic heterocycles. The average molecular weight is 182 g/mol. The second kappa shape index (κ2) is 3.79. The van der Waals surface area contributed by atoms with E-state index in [-0.39, 0.29) is 12.8 Å². The third-order valence-corrected chi connectivity index (χ3v) is 3.30. The topological polar surface area (TPSA) is 57.9 Å². The highest BCUT2D eigenvalue weighted by molar-refractivity contribution is 7.92. The van der Waals surface area contributed by atoms with Gasteiger partial charge in [-0.25, -0.2) is 8.42 Å². The highest BCUT2D eigenvalue weighted by atomic mass is 35.5. The maximum Gasteiger partial charge on any atom is 0.164 e. The van der Waals surface area contributed by atoms with Gasteiger partial charge in [0.05, 0.1) is 6.07 Å². The first-order valence-corrected chi connectivity index (χ1v) is 5.07. The van der Waals surface area contributed by atoms with E-state index in [0.29, 0.717) is 0 Å². The molecule has 1 unspecified atom stereocenters. The van der Waals surface area contributed by atoms with Gasteiger partial charge in [0.15, 0.2) is 9.84 Å². The van der Waals surface area contributed by atoms with E-state index in [4.69, 9.17) is 16.9 Å². The van der Waals surface area contributed by atoms with Gasteiger partial charge in [-0.2, -0.15) is 5.26 Å². The summed E-state index contributed by atoms with van der Waals surface area (Å²) in [5.74, 6) is 0. The Balaban J connectivity index is 3.90. The summed E-state index contributed by atoms with van der Waals surface area (Å²) in [5.41, 5.74) is 0.